The molecule has 2 aromatic carbocycles. The van der Waals surface area contributed by atoms with E-state index < -0.39 is 0 Å². The quantitative estimate of drug-likeness (QED) is 0.343. The minimum Gasteiger partial charge on any atom is -0.358 e. The Kier molecular flexibility index (Phi) is 5.77. The molecular formula is C25H26N8O. The van der Waals surface area contributed by atoms with Crippen LogP contribution in [0.2, 0.25) is 0 Å². The Hall–Kier alpha value is -4.11. The molecule has 0 spiro atoms. The van der Waals surface area contributed by atoms with Crippen molar-refractivity contribution in [3.8, 4) is 5.69 Å². The van der Waals surface area contributed by atoms with Gasteiger partial charge in [-0.1, -0.05) is 30.3 Å². The Morgan fingerprint density at radius 3 is 2.68 bits per heavy atom. The fourth-order valence-electron chi connectivity index (χ4n) is 4.27. The topological polar surface area (TPSA) is 127 Å². The molecule has 1 atom stereocenters. The Morgan fingerprint density at radius 1 is 1.06 bits per heavy atom. The van der Waals surface area contributed by atoms with Crippen LogP contribution in [0.4, 0.5) is 5.82 Å². The Morgan fingerprint density at radius 2 is 1.88 bits per heavy atom. The number of nitrogens with zero attached hydrogens (tertiary/aromatic N) is 5. The summed E-state index contributed by atoms with van der Waals surface area (Å²) < 4.78 is 1.70. The molecule has 0 fully saturated rings. The molecule has 0 saturated heterocycles. The first-order valence-electron chi connectivity index (χ1n) is 11.3. The fourth-order valence-corrected chi connectivity index (χ4v) is 4.27. The van der Waals surface area contributed by atoms with E-state index in [-0.39, 0.29) is 11.6 Å². The molecule has 9 heteroatoms. The van der Waals surface area contributed by atoms with E-state index >= 15 is 0 Å². The van der Waals surface area contributed by atoms with Crippen molar-refractivity contribution in [3.05, 3.63) is 82.4 Å². The van der Waals surface area contributed by atoms with Crippen molar-refractivity contribution in [2.24, 2.45) is 5.73 Å². The van der Waals surface area contributed by atoms with Gasteiger partial charge in [0, 0.05) is 0 Å². The minimum absolute atomic E-state index is 0.102. The summed E-state index contributed by atoms with van der Waals surface area (Å²) in [5.41, 5.74) is 9.37. The highest BCUT2D eigenvalue weighted by Crippen LogP contribution is 2.28. The lowest BCUT2D eigenvalue weighted by molar-refractivity contribution is 0.600. The molecular weight excluding hydrogens is 428 g/mol. The summed E-state index contributed by atoms with van der Waals surface area (Å²) in [6.07, 6.45) is 2.99. The van der Waals surface area contributed by atoms with Crippen LogP contribution in [0.3, 0.4) is 0 Å². The van der Waals surface area contributed by atoms with Gasteiger partial charge >= 0.3 is 0 Å². The number of H-pyrrole nitrogens is 1. The standard InChI is InChI=1S/C25H26N8O/c1-15-8-6-11-18-20(15)25(34)33(17-9-4-3-5-10-17)24(32-18)19(12-7-13-26)31-23-21-22(28-14-27-21)29-16(2)30-23/h3-6,8-11,14,19H,7,12-13,26H2,1-2H3,(H2,27,28,29,30,31). The Bertz CT molecular complexity index is 1520. The van der Waals surface area contributed by atoms with E-state index in [1.807, 2.05) is 62.4 Å². The van der Waals surface area contributed by atoms with Crippen molar-refractivity contribution in [3.63, 3.8) is 0 Å². The Labute approximate surface area is 196 Å². The average molecular weight is 455 g/mol. The molecule has 0 amide bonds. The molecule has 4 N–H and O–H groups in total. The molecule has 0 aliphatic carbocycles. The van der Waals surface area contributed by atoms with E-state index in [0.29, 0.717) is 52.5 Å². The highest BCUT2D eigenvalue weighted by atomic mass is 16.1. The molecule has 0 bridgehead atoms. The zero-order valence-electron chi connectivity index (χ0n) is 19.1. The van der Waals surface area contributed by atoms with E-state index in [1.54, 1.807) is 10.9 Å². The first-order valence-corrected chi connectivity index (χ1v) is 11.3. The first kappa shape index (κ1) is 21.7. The van der Waals surface area contributed by atoms with Crippen molar-refractivity contribution in [2.75, 3.05) is 11.9 Å². The van der Waals surface area contributed by atoms with Gasteiger partial charge in [-0.2, -0.15) is 0 Å². The third-order valence-electron chi connectivity index (χ3n) is 5.86. The summed E-state index contributed by atoms with van der Waals surface area (Å²) >= 11 is 0. The van der Waals surface area contributed by atoms with Crippen LogP contribution < -0.4 is 16.6 Å². The third-order valence-corrected chi connectivity index (χ3v) is 5.86. The molecule has 5 aromatic rings. The van der Waals surface area contributed by atoms with Crippen LogP contribution in [0.1, 0.15) is 36.1 Å². The fraction of sp³-hybridized carbons (Fsp3) is 0.240. The van der Waals surface area contributed by atoms with Crippen LogP contribution in [-0.2, 0) is 0 Å². The van der Waals surface area contributed by atoms with Crippen molar-refractivity contribution in [1.29, 1.82) is 0 Å². The summed E-state index contributed by atoms with van der Waals surface area (Å²) in [5, 5.41) is 4.13. The molecule has 0 saturated carbocycles. The number of para-hydroxylation sites is 1. The molecule has 9 nitrogen and oxygen atoms in total. The van der Waals surface area contributed by atoms with Gasteiger partial charge in [-0.3, -0.25) is 9.36 Å². The molecule has 0 aliphatic rings. The maximum Gasteiger partial charge on any atom is 0.266 e. The van der Waals surface area contributed by atoms with Crippen molar-refractivity contribution < 1.29 is 0 Å². The molecule has 0 aliphatic heterocycles. The lowest BCUT2D eigenvalue weighted by Crippen LogP contribution is -2.29. The molecule has 0 radical (unpaired) electrons. The zero-order chi connectivity index (χ0) is 23.7. The number of aromatic nitrogens is 6. The van der Waals surface area contributed by atoms with E-state index in [0.717, 1.165) is 17.7 Å². The number of nitrogens with two attached hydrogens (primary N) is 1. The van der Waals surface area contributed by atoms with Crippen LogP contribution >= 0.6 is 0 Å². The molecule has 172 valence electrons. The second kappa shape index (κ2) is 9.03. The van der Waals surface area contributed by atoms with Crippen LogP contribution in [0, 0.1) is 13.8 Å². The smallest absolute Gasteiger partial charge is 0.266 e. The zero-order valence-corrected chi connectivity index (χ0v) is 19.1. The number of hydrogen-bond donors (Lipinski definition) is 3. The molecule has 3 heterocycles. The van der Waals surface area contributed by atoms with Gasteiger partial charge in [0.05, 0.1) is 29.0 Å². The normalized spacial score (nSPS) is 12.3. The summed E-state index contributed by atoms with van der Waals surface area (Å²) in [7, 11) is 0. The van der Waals surface area contributed by atoms with E-state index in [1.165, 1.54) is 0 Å². The molecule has 1 unspecified atom stereocenters. The summed E-state index contributed by atoms with van der Waals surface area (Å²) in [6, 6.07) is 15.0. The lowest BCUT2D eigenvalue weighted by atomic mass is 10.1. The number of nitrogens with one attached hydrogen (secondary N) is 2. The lowest BCUT2D eigenvalue weighted by Gasteiger charge is -2.23. The summed E-state index contributed by atoms with van der Waals surface area (Å²) in [5.74, 6) is 1.81. The largest absolute Gasteiger partial charge is 0.358 e. The summed E-state index contributed by atoms with van der Waals surface area (Å²) in [4.78, 5) is 35.2. The van der Waals surface area contributed by atoms with E-state index in [9.17, 15) is 4.79 Å². The number of imidazole rings is 1. The van der Waals surface area contributed by atoms with Crippen LogP contribution in [0.15, 0.2) is 59.7 Å². The summed E-state index contributed by atoms with van der Waals surface area (Å²) in [6.45, 7) is 4.27. The van der Waals surface area contributed by atoms with Gasteiger partial charge in [-0.05, 0) is 57.0 Å². The van der Waals surface area contributed by atoms with Gasteiger partial charge in [-0.25, -0.2) is 19.9 Å². The number of benzene rings is 2. The third kappa shape index (κ3) is 3.90. The minimum atomic E-state index is -0.331. The van der Waals surface area contributed by atoms with Gasteiger partial charge in [0.15, 0.2) is 11.5 Å². The van der Waals surface area contributed by atoms with Gasteiger partial charge in [0.25, 0.3) is 5.56 Å². The van der Waals surface area contributed by atoms with E-state index in [2.05, 4.69) is 25.3 Å². The van der Waals surface area contributed by atoms with Crippen LogP contribution in [-0.4, -0.2) is 36.0 Å². The van der Waals surface area contributed by atoms with Gasteiger partial charge in [0.2, 0.25) is 0 Å². The average Bonchev–Trinajstić information content (AvgIpc) is 3.30. The van der Waals surface area contributed by atoms with Crippen molar-refractivity contribution >= 4 is 27.9 Å². The first-order chi connectivity index (χ1) is 16.6. The van der Waals surface area contributed by atoms with Crippen LogP contribution in [0.5, 0.6) is 0 Å². The number of rotatable bonds is 7. The predicted octanol–water partition coefficient (Wildman–Crippen LogP) is 3.56. The molecule has 5 rings (SSSR count). The van der Waals surface area contributed by atoms with E-state index in [4.69, 9.17) is 10.7 Å². The number of hydrogen-bond acceptors (Lipinski definition) is 7. The highest BCUT2D eigenvalue weighted by molar-refractivity contribution is 5.83. The number of fused-ring (bicyclic) bond motifs is 2. The second-order valence-electron chi connectivity index (χ2n) is 8.26. The van der Waals surface area contributed by atoms with Gasteiger partial charge in [-0.15, -0.1) is 0 Å². The number of anilines is 1. The monoisotopic (exact) mass is 454 g/mol. The highest BCUT2D eigenvalue weighted by Gasteiger charge is 2.23. The van der Waals surface area contributed by atoms with Crippen LogP contribution in [0.25, 0.3) is 27.8 Å². The van der Waals surface area contributed by atoms with Gasteiger partial charge in [0.1, 0.15) is 17.2 Å². The number of aryl methyl sites for hydroxylation is 2. The van der Waals surface area contributed by atoms with Crippen molar-refractivity contribution in [2.45, 2.75) is 32.7 Å². The molecule has 34 heavy (non-hydrogen) atoms. The van der Waals surface area contributed by atoms with Crippen molar-refractivity contribution in [1.82, 2.24) is 29.5 Å². The Balaban J connectivity index is 1.74. The van der Waals surface area contributed by atoms with Gasteiger partial charge < -0.3 is 16.0 Å². The predicted molar refractivity (Wildman–Crippen MR) is 133 cm³/mol. The SMILES string of the molecule is Cc1nc(NC(CCCN)c2nc3cccc(C)c3c(=O)n2-c2ccccc2)c2[nH]cnc2n1. The maximum absolute atomic E-state index is 13.9. The maximum atomic E-state index is 13.9. The molecule has 3 aromatic heterocycles. The number of aromatic amines is 1. The second-order valence-corrected chi connectivity index (χ2v) is 8.26.